The molecule has 3 heteroatoms. The van der Waals surface area contributed by atoms with Crippen LogP contribution in [0.2, 0.25) is 0 Å². The highest BCUT2D eigenvalue weighted by molar-refractivity contribution is 5.37. The summed E-state index contributed by atoms with van der Waals surface area (Å²) in [5.74, 6) is 0.652. The summed E-state index contributed by atoms with van der Waals surface area (Å²) >= 11 is 0. The quantitative estimate of drug-likeness (QED) is 0.772. The standard InChI is InChI=1S/C16H18O3/c17-11-1-2-16(12-3-7-14(18)8-4-12)13-5-9-15(19)10-6-13/h3-10,16-19H,1-2,11H2. The number of phenolic OH excluding ortho intramolecular Hbond substituents is 2. The molecule has 0 spiro atoms. The maximum absolute atomic E-state index is 9.35. The Kier molecular flexibility index (Phi) is 4.42. The van der Waals surface area contributed by atoms with Gasteiger partial charge in [0, 0.05) is 12.5 Å². The first-order valence-corrected chi connectivity index (χ1v) is 6.39. The third-order valence-electron chi connectivity index (χ3n) is 3.24. The van der Waals surface area contributed by atoms with Crippen LogP contribution in [0.5, 0.6) is 11.5 Å². The van der Waals surface area contributed by atoms with E-state index in [1.807, 2.05) is 24.3 Å². The van der Waals surface area contributed by atoms with E-state index < -0.39 is 0 Å². The molecule has 0 unspecified atom stereocenters. The number of hydrogen-bond acceptors (Lipinski definition) is 3. The van der Waals surface area contributed by atoms with E-state index in [2.05, 4.69) is 0 Å². The monoisotopic (exact) mass is 258 g/mol. The van der Waals surface area contributed by atoms with Crippen LogP contribution >= 0.6 is 0 Å². The number of phenols is 2. The van der Waals surface area contributed by atoms with E-state index in [4.69, 9.17) is 5.11 Å². The highest BCUT2D eigenvalue weighted by Crippen LogP contribution is 2.31. The number of aliphatic hydroxyl groups is 1. The van der Waals surface area contributed by atoms with Crippen molar-refractivity contribution in [1.29, 1.82) is 0 Å². The van der Waals surface area contributed by atoms with Gasteiger partial charge >= 0.3 is 0 Å². The van der Waals surface area contributed by atoms with Crippen molar-refractivity contribution in [1.82, 2.24) is 0 Å². The molecule has 0 amide bonds. The van der Waals surface area contributed by atoms with Gasteiger partial charge in [-0.1, -0.05) is 24.3 Å². The second-order valence-corrected chi connectivity index (χ2v) is 4.60. The van der Waals surface area contributed by atoms with Crippen LogP contribution in [0.3, 0.4) is 0 Å². The second kappa shape index (κ2) is 6.25. The Bertz CT molecular complexity index is 457. The lowest BCUT2D eigenvalue weighted by molar-refractivity contribution is 0.282. The summed E-state index contributed by atoms with van der Waals surface area (Å²) in [6, 6.07) is 14.2. The van der Waals surface area contributed by atoms with Gasteiger partial charge in [0.1, 0.15) is 11.5 Å². The van der Waals surface area contributed by atoms with E-state index in [0.717, 1.165) is 17.5 Å². The molecule has 2 aromatic carbocycles. The lowest BCUT2D eigenvalue weighted by atomic mass is 9.87. The molecule has 0 saturated carbocycles. The van der Waals surface area contributed by atoms with Crippen LogP contribution < -0.4 is 0 Å². The minimum Gasteiger partial charge on any atom is -0.508 e. The summed E-state index contributed by atoms with van der Waals surface area (Å²) in [5, 5.41) is 27.7. The lowest BCUT2D eigenvalue weighted by Gasteiger charge is -2.18. The molecule has 0 aromatic heterocycles. The van der Waals surface area contributed by atoms with Crippen LogP contribution in [0.1, 0.15) is 29.9 Å². The van der Waals surface area contributed by atoms with E-state index in [1.54, 1.807) is 24.3 Å². The molecule has 3 N–H and O–H groups in total. The number of rotatable bonds is 5. The van der Waals surface area contributed by atoms with Gasteiger partial charge in [0.2, 0.25) is 0 Å². The fraction of sp³-hybridized carbons (Fsp3) is 0.250. The molecule has 2 rings (SSSR count). The van der Waals surface area contributed by atoms with Crippen LogP contribution in [0.25, 0.3) is 0 Å². The molecule has 0 fully saturated rings. The first kappa shape index (κ1) is 13.4. The molecule has 0 aliphatic carbocycles. The topological polar surface area (TPSA) is 60.7 Å². The van der Waals surface area contributed by atoms with Crippen LogP contribution in [0, 0.1) is 0 Å². The van der Waals surface area contributed by atoms with E-state index >= 15 is 0 Å². The van der Waals surface area contributed by atoms with Crippen molar-refractivity contribution >= 4 is 0 Å². The van der Waals surface area contributed by atoms with Crippen LogP contribution in [0.15, 0.2) is 48.5 Å². The van der Waals surface area contributed by atoms with Crippen LogP contribution in [0.4, 0.5) is 0 Å². The third kappa shape index (κ3) is 3.48. The lowest BCUT2D eigenvalue weighted by Crippen LogP contribution is -2.02. The van der Waals surface area contributed by atoms with Gasteiger partial charge in [-0.2, -0.15) is 0 Å². The van der Waals surface area contributed by atoms with Gasteiger partial charge in [-0.05, 0) is 48.2 Å². The number of benzene rings is 2. The first-order valence-electron chi connectivity index (χ1n) is 6.39. The highest BCUT2D eigenvalue weighted by Gasteiger charge is 2.13. The molecule has 0 radical (unpaired) electrons. The highest BCUT2D eigenvalue weighted by atomic mass is 16.3. The Morgan fingerprint density at radius 3 is 1.53 bits per heavy atom. The van der Waals surface area contributed by atoms with E-state index in [-0.39, 0.29) is 24.0 Å². The molecule has 0 aliphatic rings. The van der Waals surface area contributed by atoms with Gasteiger partial charge in [-0.3, -0.25) is 0 Å². The average Bonchev–Trinajstić information content (AvgIpc) is 2.43. The molecule has 100 valence electrons. The van der Waals surface area contributed by atoms with Gasteiger partial charge in [-0.15, -0.1) is 0 Å². The Balaban J connectivity index is 2.29. The van der Waals surface area contributed by atoms with Gasteiger partial charge in [0.15, 0.2) is 0 Å². The maximum atomic E-state index is 9.35. The fourth-order valence-electron chi connectivity index (χ4n) is 2.23. The number of hydrogen-bond donors (Lipinski definition) is 3. The van der Waals surface area contributed by atoms with Crippen molar-refractivity contribution in [3.05, 3.63) is 59.7 Å². The summed E-state index contributed by atoms with van der Waals surface area (Å²) in [6.45, 7) is 0.159. The summed E-state index contributed by atoms with van der Waals surface area (Å²) < 4.78 is 0. The SMILES string of the molecule is OCCCC(c1ccc(O)cc1)c1ccc(O)cc1. The molecule has 0 bridgehead atoms. The zero-order valence-electron chi connectivity index (χ0n) is 10.7. The van der Waals surface area contributed by atoms with Crippen molar-refractivity contribution in [2.45, 2.75) is 18.8 Å². The fourth-order valence-corrected chi connectivity index (χ4v) is 2.23. The van der Waals surface area contributed by atoms with E-state index in [0.29, 0.717) is 6.42 Å². The Labute approximate surface area is 112 Å². The molecular weight excluding hydrogens is 240 g/mol. The van der Waals surface area contributed by atoms with Gasteiger partial charge in [0.05, 0.1) is 0 Å². The van der Waals surface area contributed by atoms with E-state index in [1.165, 1.54) is 0 Å². The molecule has 2 aromatic rings. The minimum atomic E-state index is 0.159. The number of aromatic hydroxyl groups is 2. The van der Waals surface area contributed by atoms with Crippen molar-refractivity contribution in [3.63, 3.8) is 0 Å². The molecular formula is C16H18O3. The zero-order chi connectivity index (χ0) is 13.7. The average molecular weight is 258 g/mol. The van der Waals surface area contributed by atoms with Crippen LogP contribution in [-0.2, 0) is 0 Å². The predicted octanol–water partition coefficient (Wildman–Crippen LogP) is 3.00. The largest absolute Gasteiger partial charge is 0.508 e. The molecule has 0 heterocycles. The molecule has 0 atom stereocenters. The van der Waals surface area contributed by atoms with Crippen molar-refractivity contribution in [2.24, 2.45) is 0 Å². The van der Waals surface area contributed by atoms with Crippen LogP contribution in [-0.4, -0.2) is 21.9 Å². The predicted molar refractivity (Wildman–Crippen MR) is 74.4 cm³/mol. The van der Waals surface area contributed by atoms with Crippen molar-refractivity contribution in [3.8, 4) is 11.5 Å². The summed E-state index contributed by atoms with van der Waals surface area (Å²) in [7, 11) is 0. The molecule has 0 saturated heterocycles. The van der Waals surface area contributed by atoms with E-state index in [9.17, 15) is 10.2 Å². The maximum Gasteiger partial charge on any atom is 0.115 e. The van der Waals surface area contributed by atoms with Crippen molar-refractivity contribution < 1.29 is 15.3 Å². The summed E-state index contributed by atoms with van der Waals surface area (Å²) in [4.78, 5) is 0. The third-order valence-corrected chi connectivity index (χ3v) is 3.24. The Morgan fingerprint density at radius 2 is 1.16 bits per heavy atom. The Hall–Kier alpha value is -2.00. The van der Waals surface area contributed by atoms with Gasteiger partial charge in [0.25, 0.3) is 0 Å². The normalized spacial score (nSPS) is 10.8. The Morgan fingerprint density at radius 1 is 0.737 bits per heavy atom. The second-order valence-electron chi connectivity index (χ2n) is 4.60. The number of aliphatic hydroxyl groups excluding tert-OH is 1. The molecule has 3 nitrogen and oxygen atoms in total. The van der Waals surface area contributed by atoms with Gasteiger partial charge < -0.3 is 15.3 Å². The minimum absolute atomic E-state index is 0.159. The molecule has 19 heavy (non-hydrogen) atoms. The summed E-state index contributed by atoms with van der Waals surface area (Å²) in [6.07, 6.45) is 1.54. The van der Waals surface area contributed by atoms with Gasteiger partial charge in [-0.25, -0.2) is 0 Å². The molecule has 0 aliphatic heterocycles. The first-order chi connectivity index (χ1) is 9.20. The smallest absolute Gasteiger partial charge is 0.115 e. The van der Waals surface area contributed by atoms with Crippen molar-refractivity contribution in [2.75, 3.05) is 6.61 Å². The zero-order valence-corrected chi connectivity index (χ0v) is 10.7. The summed E-state index contributed by atoms with van der Waals surface area (Å²) in [5.41, 5.74) is 2.19.